The Bertz CT molecular complexity index is 1010. The number of rotatable bonds is 7. The van der Waals surface area contributed by atoms with Crippen molar-refractivity contribution in [3.8, 4) is 5.95 Å². The first-order chi connectivity index (χ1) is 14.0. The molecule has 2 aromatic carbocycles. The van der Waals surface area contributed by atoms with E-state index in [1.165, 1.54) is 25.3 Å². The van der Waals surface area contributed by atoms with Crippen LogP contribution in [0.15, 0.2) is 70.2 Å². The normalized spacial score (nSPS) is 10.7. The number of carbonyl (C=O) groups excluding carboxylic acids is 2. The minimum atomic E-state index is -0.407. The van der Waals surface area contributed by atoms with Gasteiger partial charge in [-0.3, -0.25) is 9.59 Å². The van der Waals surface area contributed by atoms with Crippen molar-refractivity contribution in [1.82, 2.24) is 5.43 Å². The Labute approximate surface area is 166 Å². The lowest BCUT2D eigenvalue weighted by Crippen LogP contribution is -2.17. The molecule has 0 bridgehead atoms. The van der Waals surface area contributed by atoms with Gasteiger partial charge in [0.2, 0.25) is 5.91 Å². The Morgan fingerprint density at radius 3 is 2.48 bits per heavy atom. The fourth-order valence-corrected chi connectivity index (χ4v) is 2.34. The number of hydrogen-bond acceptors (Lipinski definition) is 5. The number of nitrogens with zero attached hydrogens (tertiary/aromatic N) is 1. The van der Waals surface area contributed by atoms with E-state index in [-0.39, 0.29) is 24.3 Å². The fraction of sp³-hybridized carbons (Fsp3) is 0.0952. The third kappa shape index (κ3) is 6.03. The van der Waals surface area contributed by atoms with E-state index in [0.717, 1.165) is 5.56 Å². The molecular formula is C21H18FN3O4. The largest absolute Gasteiger partial charge is 0.460 e. The molecule has 1 aromatic heterocycles. The van der Waals surface area contributed by atoms with Crippen molar-refractivity contribution in [1.29, 1.82) is 0 Å². The second-order valence-electron chi connectivity index (χ2n) is 6.03. The summed E-state index contributed by atoms with van der Waals surface area (Å²) in [6, 6.07) is 15.6. The van der Waals surface area contributed by atoms with Gasteiger partial charge in [-0.1, -0.05) is 12.1 Å². The van der Waals surface area contributed by atoms with E-state index in [0.29, 0.717) is 17.0 Å². The molecule has 0 spiro atoms. The summed E-state index contributed by atoms with van der Waals surface area (Å²) >= 11 is 0. The molecule has 0 aliphatic carbocycles. The van der Waals surface area contributed by atoms with Gasteiger partial charge in [0.05, 0.1) is 6.21 Å². The number of furan rings is 1. The molecule has 3 aromatic rings. The zero-order valence-corrected chi connectivity index (χ0v) is 15.5. The summed E-state index contributed by atoms with van der Waals surface area (Å²) in [5.41, 5.74) is 4.17. The summed E-state index contributed by atoms with van der Waals surface area (Å²) in [6.45, 7) is 1.64. The van der Waals surface area contributed by atoms with Gasteiger partial charge in [-0.05, 0) is 48.0 Å². The van der Waals surface area contributed by atoms with Gasteiger partial charge in [0.25, 0.3) is 11.9 Å². The summed E-state index contributed by atoms with van der Waals surface area (Å²) in [4.78, 5) is 23.1. The second-order valence-corrected chi connectivity index (χ2v) is 6.03. The van der Waals surface area contributed by atoms with E-state index in [9.17, 15) is 14.0 Å². The smallest absolute Gasteiger partial charge is 0.285 e. The third-order valence-corrected chi connectivity index (χ3v) is 3.72. The van der Waals surface area contributed by atoms with Crippen LogP contribution in [0.1, 0.15) is 28.6 Å². The van der Waals surface area contributed by atoms with Crippen LogP contribution in [0.3, 0.4) is 0 Å². The zero-order chi connectivity index (χ0) is 20.6. The van der Waals surface area contributed by atoms with Crippen molar-refractivity contribution in [3.05, 3.63) is 83.4 Å². The molecule has 0 saturated carbocycles. The number of hydrogen-bond donors (Lipinski definition) is 2. The van der Waals surface area contributed by atoms with Crippen LogP contribution in [0.5, 0.6) is 5.95 Å². The van der Waals surface area contributed by atoms with Crippen LogP contribution in [0.4, 0.5) is 10.1 Å². The SMILES string of the molecule is CC(=O)Nc1ccc(C(=O)N/N=C/c2ccc(OCc3ccc(F)cc3)o2)cc1. The van der Waals surface area contributed by atoms with Crippen LogP contribution < -0.4 is 15.5 Å². The predicted octanol–water partition coefficient (Wildman–Crippen LogP) is 3.72. The Balaban J connectivity index is 1.49. The van der Waals surface area contributed by atoms with Crippen molar-refractivity contribution in [3.63, 3.8) is 0 Å². The van der Waals surface area contributed by atoms with Gasteiger partial charge in [-0.25, -0.2) is 9.82 Å². The van der Waals surface area contributed by atoms with Gasteiger partial charge < -0.3 is 14.5 Å². The van der Waals surface area contributed by atoms with Gasteiger partial charge in [0.1, 0.15) is 12.4 Å². The molecule has 0 atom stereocenters. The molecule has 2 N–H and O–H groups in total. The van der Waals surface area contributed by atoms with E-state index in [4.69, 9.17) is 9.15 Å². The lowest BCUT2D eigenvalue weighted by Gasteiger charge is -2.03. The molecule has 1 heterocycles. The molecule has 3 rings (SSSR count). The Morgan fingerprint density at radius 1 is 1.07 bits per heavy atom. The number of benzene rings is 2. The summed E-state index contributed by atoms with van der Waals surface area (Å²) in [6.07, 6.45) is 1.34. The number of amides is 2. The minimum Gasteiger partial charge on any atom is -0.460 e. The maximum absolute atomic E-state index is 12.9. The third-order valence-electron chi connectivity index (χ3n) is 3.72. The number of anilines is 1. The van der Waals surface area contributed by atoms with Crippen molar-refractivity contribution in [2.75, 3.05) is 5.32 Å². The average molecular weight is 395 g/mol. The zero-order valence-electron chi connectivity index (χ0n) is 15.5. The molecular weight excluding hydrogens is 377 g/mol. The highest BCUT2D eigenvalue weighted by atomic mass is 19.1. The van der Waals surface area contributed by atoms with Crippen molar-refractivity contribution < 1.29 is 23.1 Å². The molecule has 29 heavy (non-hydrogen) atoms. The van der Waals surface area contributed by atoms with Crippen LogP contribution in [0.2, 0.25) is 0 Å². The topological polar surface area (TPSA) is 92.9 Å². The number of carbonyl (C=O) groups is 2. The van der Waals surface area contributed by atoms with E-state index >= 15 is 0 Å². The molecule has 8 heteroatoms. The second kappa shape index (κ2) is 9.32. The van der Waals surface area contributed by atoms with Crippen LogP contribution in [-0.4, -0.2) is 18.0 Å². The highest BCUT2D eigenvalue weighted by molar-refractivity contribution is 5.95. The Morgan fingerprint density at radius 2 is 1.79 bits per heavy atom. The molecule has 0 radical (unpaired) electrons. The first kappa shape index (κ1) is 19.8. The predicted molar refractivity (Wildman–Crippen MR) is 105 cm³/mol. The summed E-state index contributed by atoms with van der Waals surface area (Å²) in [5, 5.41) is 6.46. The van der Waals surface area contributed by atoms with Gasteiger partial charge in [-0.15, -0.1) is 0 Å². The van der Waals surface area contributed by atoms with Crippen LogP contribution in [0, 0.1) is 5.82 Å². The number of hydrazone groups is 1. The molecule has 0 aliphatic heterocycles. The number of ether oxygens (including phenoxy) is 1. The van der Waals surface area contributed by atoms with Crippen LogP contribution >= 0.6 is 0 Å². The molecule has 148 valence electrons. The van der Waals surface area contributed by atoms with Crippen molar-refractivity contribution in [2.45, 2.75) is 13.5 Å². The maximum atomic E-state index is 12.9. The van der Waals surface area contributed by atoms with E-state index in [1.807, 2.05) is 0 Å². The van der Waals surface area contributed by atoms with Crippen molar-refractivity contribution in [2.24, 2.45) is 5.10 Å². The summed E-state index contributed by atoms with van der Waals surface area (Å²) in [7, 11) is 0. The molecule has 0 fully saturated rings. The minimum absolute atomic E-state index is 0.189. The highest BCUT2D eigenvalue weighted by Gasteiger charge is 2.05. The fourth-order valence-electron chi connectivity index (χ4n) is 2.34. The molecule has 7 nitrogen and oxygen atoms in total. The van der Waals surface area contributed by atoms with Gasteiger partial charge in [-0.2, -0.15) is 5.10 Å². The molecule has 0 aliphatic rings. The maximum Gasteiger partial charge on any atom is 0.285 e. The Hall–Kier alpha value is -3.94. The molecule has 2 amide bonds. The van der Waals surface area contributed by atoms with Gasteiger partial charge in [0, 0.05) is 24.2 Å². The standard InChI is InChI=1S/C21H18FN3O4/c1-14(26)24-18-8-4-16(5-9-18)21(27)25-23-12-19-10-11-20(29-19)28-13-15-2-6-17(22)7-3-15/h2-12H,13H2,1H3,(H,24,26)(H,25,27)/b23-12+. The van der Waals surface area contributed by atoms with Crippen molar-refractivity contribution >= 4 is 23.7 Å². The molecule has 0 saturated heterocycles. The summed E-state index contributed by atoms with van der Waals surface area (Å²) in [5.74, 6) is -0.242. The van der Waals surface area contributed by atoms with Gasteiger partial charge >= 0.3 is 0 Å². The van der Waals surface area contributed by atoms with Crippen LogP contribution in [0.25, 0.3) is 0 Å². The lowest BCUT2D eigenvalue weighted by molar-refractivity contribution is -0.114. The molecule has 0 unspecified atom stereocenters. The lowest BCUT2D eigenvalue weighted by atomic mass is 10.2. The summed E-state index contributed by atoms with van der Waals surface area (Å²) < 4.78 is 23.8. The van der Waals surface area contributed by atoms with Crippen LogP contribution in [-0.2, 0) is 11.4 Å². The van der Waals surface area contributed by atoms with E-state index < -0.39 is 5.91 Å². The monoisotopic (exact) mass is 395 g/mol. The number of halogens is 1. The van der Waals surface area contributed by atoms with E-state index in [1.54, 1.807) is 48.5 Å². The number of nitrogens with one attached hydrogen (secondary N) is 2. The Kier molecular flexibility index (Phi) is 6.36. The quantitative estimate of drug-likeness (QED) is 0.471. The first-order valence-electron chi connectivity index (χ1n) is 8.68. The highest BCUT2D eigenvalue weighted by Crippen LogP contribution is 2.16. The van der Waals surface area contributed by atoms with Gasteiger partial charge in [0.15, 0.2) is 5.76 Å². The first-order valence-corrected chi connectivity index (χ1v) is 8.68. The van der Waals surface area contributed by atoms with E-state index in [2.05, 4.69) is 15.8 Å². The average Bonchev–Trinajstić information content (AvgIpc) is 3.15.